The Hall–Kier alpha value is -2.63. The highest BCUT2D eigenvalue weighted by molar-refractivity contribution is 5.86. The van der Waals surface area contributed by atoms with Crippen LogP contribution in [0.15, 0.2) is 36.5 Å². The van der Waals surface area contributed by atoms with E-state index in [1.165, 1.54) is 5.69 Å². The van der Waals surface area contributed by atoms with Gasteiger partial charge in [-0.3, -0.25) is 4.68 Å². The zero-order chi connectivity index (χ0) is 17.1. The quantitative estimate of drug-likeness (QED) is 0.755. The minimum absolute atomic E-state index is 0.319. The normalized spacial score (nSPS) is 12.3. The van der Waals surface area contributed by atoms with Crippen molar-refractivity contribution in [3.63, 3.8) is 0 Å². The molecule has 3 aromatic rings. The molecule has 126 valence electrons. The molecule has 0 saturated carbocycles. The van der Waals surface area contributed by atoms with E-state index < -0.39 is 0 Å². The predicted octanol–water partition coefficient (Wildman–Crippen LogP) is 2.86. The topological polar surface area (TPSA) is 58.9 Å². The first-order valence-corrected chi connectivity index (χ1v) is 8.30. The molecule has 0 spiro atoms. The first-order valence-electron chi connectivity index (χ1n) is 8.30. The van der Waals surface area contributed by atoms with E-state index in [1.54, 1.807) is 4.68 Å². The van der Waals surface area contributed by atoms with Crippen LogP contribution in [0.4, 0.5) is 11.5 Å². The molecule has 0 unspecified atom stereocenters. The van der Waals surface area contributed by atoms with Gasteiger partial charge < -0.3 is 10.2 Å². The van der Waals surface area contributed by atoms with E-state index in [0.29, 0.717) is 6.04 Å². The van der Waals surface area contributed by atoms with Crippen molar-refractivity contribution in [2.45, 2.75) is 26.3 Å². The van der Waals surface area contributed by atoms with E-state index >= 15 is 0 Å². The van der Waals surface area contributed by atoms with Crippen molar-refractivity contribution in [1.82, 2.24) is 19.7 Å². The molecular formula is C18H24N6. The van der Waals surface area contributed by atoms with Crippen molar-refractivity contribution in [1.29, 1.82) is 0 Å². The summed E-state index contributed by atoms with van der Waals surface area (Å²) in [6, 6.07) is 10.7. The van der Waals surface area contributed by atoms with E-state index in [-0.39, 0.29) is 0 Å². The van der Waals surface area contributed by atoms with Gasteiger partial charge in [-0.2, -0.15) is 5.10 Å². The lowest BCUT2D eigenvalue weighted by atomic mass is 10.2. The standard InChI is InChI=1S/C18H24N6/c1-5-16-21-17(15-12-20-24(4)18(15)22-16)19-11-13(2)23(3)14-9-7-6-8-10-14/h6-10,12-13H,5,11H2,1-4H3,(H,19,21,22)/t13-/m1/s1. The number of likely N-dealkylation sites (N-methyl/N-ethyl adjacent to an activating group) is 1. The molecule has 0 amide bonds. The number of benzene rings is 1. The van der Waals surface area contributed by atoms with Crippen LogP contribution in [0.25, 0.3) is 11.0 Å². The number of hydrogen-bond acceptors (Lipinski definition) is 5. The minimum atomic E-state index is 0.319. The van der Waals surface area contributed by atoms with Crippen LogP contribution in [0.3, 0.4) is 0 Å². The van der Waals surface area contributed by atoms with E-state index in [4.69, 9.17) is 0 Å². The van der Waals surface area contributed by atoms with Crippen molar-refractivity contribution in [3.8, 4) is 0 Å². The lowest BCUT2D eigenvalue weighted by Gasteiger charge is -2.27. The number of hydrogen-bond donors (Lipinski definition) is 1. The molecule has 0 aliphatic heterocycles. The first-order chi connectivity index (χ1) is 11.6. The third-order valence-corrected chi connectivity index (χ3v) is 4.34. The van der Waals surface area contributed by atoms with Crippen LogP contribution in [-0.4, -0.2) is 39.4 Å². The van der Waals surface area contributed by atoms with E-state index in [0.717, 1.165) is 35.6 Å². The Labute approximate surface area is 142 Å². The van der Waals surface area contributed by atoms with Crippen LogP contribution >= 0.6 is 0 Å². The second-order valence-corrected chi connectivity index (χ2v) is 6.02. The fraction of sp³-hybridized carbons (Fsp3) is 0.389. The number of nitrogens with zero attached hydrogens (tertiary/aromatic N) is 5. The van der Waals surface area contributed by atoms with Crippen LogP contribution in [-0.2, 0) is 13.5 Å². The van der Waals surface area contributed by atoms with Gasteiger partial charge in [0.25, 0.3) is 0 Å². The van der Waals surface area contributed by atoms with Gasteiger partial charge >= 0.3 is 0 Å². The Kier molecular flexibility index (Phi) is 4.64. The zero-order valence-electron chi connectivity index (χ0n) is 14.7. The highest BCUT2D eigenvalue weighted by atomic mass is 15.3. The van der Waals surface area contributed by atoms with Crippen molar-refractivity contribution >= 4 is 22.5 Å². The van der Waals surface area contributed by atoms with Gasteiger partial charge in [0.15, 0.2) is 5.65 Å². The summed E-state index contributed by atoms with van der Waals surface area (Å²) in [5, 5.41) is 8.75. The molecule has 0 aliphatic rings. The Balaban J connectivity index is 1.78. The minimum Gasteiger partial charge on any atom is -0.370 e. The van der Waals surface area contributed by atoms with Crippen LogP contribution in [0.1, 0.15) is 19.7 Å². The Morgan fingerprint density at radius 3 is 2.67 bits per heavy atom. The number of fused-ring (bicyclic) bond motifs is 1. The summed E-state index contributed by atoms with van der Waals surface area (Å²) in [5.41, 5.74) is 2.07. The van der Waals surface area contributed by atoms with E-state index in [1.807, 2.05) is 19.3 Å². The molecular weight excluding hydrogens is 300 g/mol. The molecule has 0 aliphatic carbocycles. The highest BCUT2D eigenvalue weighted by Gasteiger charge is 2.14. The van der Waals surface area contributed by atoms with E-state index in [9.17, 15) is 0 Å². The molecule has 1 aromatic carbocycles. The second-order valence-electron chi connectivity index (χ2n) is 6.02. The molecule has 6 nitrogen and oxygen atoms in total. The molecule has 0 radical (unpaired) electrons. The molecule has 2 aromatic heterocycles. The lowest BCUT2D eigenvalue weighted by molar-refractivity contribution is 0.714. The van der Waals surface area contributed by atoms with Gasteiger partial charge in [-0.1, -0.05) is 25.1 Å². The summed E-state index contributed by atoms with van der Waals surface area (Å²) in [5.74, 6) is 1.69. The third-order valence-electron chi connectivity index (χ3n) is 4.34. The van der Waals surface area contributed by atoms with Gasteiger partial charge in [-0.05, 0) is 19.1 Å². The average Bonchev–Trinajstić information content (AvgIpc) is 3.00. The Bertz CT molecular complexity index is 811. The Morgan fingerprint density at radius 1 is 1.21 bits per heavy atom. The van der Waals surface area contributed by atoms with Crippen molar-refractivity contribution in [3.05, 3.63) is 42.4 Å². The second kappa shape index (κ2) is 6.86. The summed E-state index contributed by atoms with van der Waals surface area (Å²) >= 11 is 0. The molecule has 0 saturated heterocycles. The fourth-order valence-electron chi connectivity index (χ4n) is 2.66. The number of aryl methyl sites for hydroxylation is 2. The molecule has 2 heterocycles. The Morgan fingerprint density at radius 2 is 1.96 bits per heavy atom. The monoisotopic (exact) mass is 324 g/mol. The largest absolute Gasteiger partial charge is 0.370 e. The van der Waals surface area contributed by atoms with Crippen LogP contribution < -0.4 is 10.2 Å². The summed E-state index contributed by atoms with van der Waals surface area (Å²) in [6.45, 7) is 5.05. The zero-order valence-corrected chi connectivity index (χ0v) is 14.7. The molecule has 3 rings (SSSR count). The number of nitrogens with one attached hydrogen (secondary N) is 1. The SMILES string of the molecule is CCc1nc(NC[C@@H](C)N(C)c2ccccc2)c2cnn(C)c2n1. The maximum atomic E-state index is 4.64. The van der Waals surface area contributed by atoms with Crippen molar-refractivity contribution < 1.29 is 0 Å². The molecule has 1 atom stereocenters. The van der Waals surface area contributed by atoms with Gasteiger partial charge in [-0.25, -0.2) is 9.97 Å². The van der Waals surface area contributed by atoms with Crippen LogP contribution in [0, 0.1) is 0 Å². The highest BCUT2D eigenvalue weighted by Crippen LogP contribution is 2.20. The maximum absolute atomic E-state index is 4.64. The molecule has 1 N–H and O–H groups in total. The smallest absolute Gasteiger partial charge is 0.163 e. The van der Waals surface area contributed by atoms with Gasteiger partial charge in [0.2, 0.25) is 0 Å². The van der Waals surface area contributed by atoms with E-state index in [2.05, 4.69) is 70.4 Å². The first kappa shape index (κ1) is 16.2. The van der Waals surface area contributed by atoms with Gasteiger partial charge in [0, 0.05) is 38.8 Å². The number of aromatic nitrogens is 4. The number of anilines is 2. The van der Waals surface area contributed by atoms with Crippen LogP contribution in [0.2, 0.25) is 0 Å². The molecule has 0 bridgehead atoms. The third kappa shape index (κ3) is 3.18. The summed E-state index contributed by atoms with van der Waals surface area (Å²) < 4.78 is 1.79. The number of rotatable bonds is 6. The summed E-state index contributed by atoms with van der Waals surface area (Å²) in [6.07, 6.45) is 2.62. The fourth-order valence-corrected chi connectivity index (χ4v) is 2.66. The molecule has 6 heteroatoms. The van der Waals surface area contributed by atoms with Gasteiger partial charge in [0.1, 0.15) is 11.6 Å². The summed E-state index contributed by atoms with van der Waals surface area (Å²) in [7, 11) is 4.02. The van der Waals surface area contributed by atoms with Gasteiger partial charge in [-0.15, -0.1) is 0 Å². The van der Waals surface area contributed by atoms with Crippen molar-refractivity contribution in [2.24, 2.45) is 7.05 Å². The summed E-state index contributed by atoms with van der Waals surface area (Å²) in [4.78, 5) is 11.5. The van der Waals surface area contributed by atoms with Crippen molar-refractivity contribution in [2.75, 3.05) is 23.8 Å². The average molecular weight is 324 g/mol. The molecule has 0 fully saturated rings. The lowest BCUT2D eigenvalue weighted by Crippen LogP contribution is -2.35. The molecule has 24 heavy (non-hydrogen) atoms. The number of para-hydroxylation sites is 1. The predicted molar refractivity (Wildman–Crippen MR) is 98.5 cm³/mol. The maximum Gasteiger partial charge on any atom is 0.163 e. The van der Waals surface area contributed by atoms with Crippen LogP contribution in [0.5, 0.6) is 0 Å². The van der Waals surface area contributed by atoms with Gasteiger partial charge in [0.05, 0.1) is 11.6 Å².